The smallest absolute Gasteiger partial charge is 0.140 e. The maximum Gasteiger partial charge on any atom is 0.140 e. The molecule has 2 aromatic carbocycles. The maximum atomic E-state index is 12.2. The topological polar surface area (TPSA) is 26.3 Å². The van der Waals surface area contributed by atoms with E-state index in [2.05, 4.69) is 43.3 Å². The van der Waals surface area contributed by atoms with Crippen molar-refractivity contribution in [1.29, 1.82) is 0 Å². The summed E-state index contributed by atoms with van der Waals surface area (Å²) in [4.78, 5) is 12.2. The molecule has 120 valence electrons. The van der Waals surface area contributed by atoms with E-state index in [9.17, 15) is 4.79 Å². The van der Waals surface area contributed by atoms with Crippen molar-refractivity contribution in [2.45, 2.75) is 39.0 Å². The molecule has 0 spiro atoms. The molecule has 0 bridgehead atoms. The van der Waals surface area contributed by atoms with E-state index < -0.39 is 0 Å². The number of hydrogen-bond donors (Lipinski definition) is 0. The van der Waals surface area contributed by atoms with Gasteiger partial charge in [-0.15, -0.1) is 0 Å². The lowest BCUT2D eigenvalue weighted by molar-refractivity contribution is -0.123. The van der Waals surface area contributed by atoms with Crippen molar-refractivity contribution in [3.63, 3.8) is 0 Å². The van der Waals surface area contributed by atoms with Crippen molar-refractivity contribution >= 4 is 5.78 Å². The lowest BCUT2D eigenvalue weighted by atomic mass is 9.78. The Morgan fingerprint density at radius 2 is 1.57 bits per heavy atom. The third-order valence-corrected chi connectivity index (χ3v) is 4.70. The van der Waals surface area contributed by atoms with Crippen LogP contribution in [0.4, 0.5) is 0 Å². The SMILES string of the molecule is CCOc1ccc(-c2ccc([C@H]3CC[C@H](C)CC3=O)cc2)cc1. The molecule has 0 aliphatic heterocycles. The van der Waals surface area contributed by atoms with Gasteiger partial charge in [-0.05, 0) is 54.5 Å². The summed E-state index contributed by atoms with van der Waals surface area (Å²) in [5.74, 6) is 1.94. The van der Waals surface area contributed by atoms with Gasteiger partial charge < -0.3 is 4.74 Å². The molecule has 3 rings (SSSR count). The van der Waals surface area contributed by atoms with Crippen LogP contribution in [0.2, 0.25) is 0 Å². The Morgan fingerprint density at radius 3 is 2.13 bits per heavy atom. The lowest BCUT2D eigenvalue weighted by Crippen LogP contribution is -2.21. The minimum atomic E-state index is 0.0978. The predicted octanol–water partition coefficient (Wildman–Crippen LogP) is 5.23. The Kier molecular flexibility index (Phi) is 4.80. The van der Waals surface area contributed by atoms with Gasteiger partial charge in [-0.2, -0.15) is 0 Å². The second kappa shape index (κ2) is 6.99. The first-order chi connectivity index (χ1) is 11.2. The molecule has 23 heavy (non-hydrogen) atoms. The zero-order valence-corrected chi connectivity index (χ0v) is 13.9. The van der Waals surface area contributed by atoms with E-state index in [0.717, 1.165) is 30.6 Å². The van der Waals surface area contributed by atoms with Crippen molar-refractivity contribution in [1.82, 2.24) is 0 Å². The molecule has 2 nitrogen and oxygen atoms in total. The monoisotopic (exact) mass is 308 g/mol. The Labute approximate surface area is 138 Å². The Hall–Kier alpha value is -2.09. The Balaban J connectivity index is 1.75. The molecular formula is C21H24O2. The molecule has 1 aliphatic carbocycles. The molecule has 1 saturated carbocycles. The number of Topliss-reactive ketones (excluding diaryl/α,β-unsaturated/α-hetero) is 1. The first-order valence-corrected chi connectivity index (χ1v) is 8.53. The number of carbonyl (C=O) groups excluding carboxylic acids is 1. The van der Waals surface area contributed by atoms with Crippen LogP contribution < -0.4 is 4.74 Å². The van der Waals surface area contributed by atoms with Gasteiger partial charge in [-0.1, -0.05) is 43.3 Å². The fourth-order valence-corrected chi connectivity index (χ4v) is 3.37. The summed E-state index contributed by atoms with van der Waals surface area (Å²) in [6, 6.07) is 16.6. The quantitative estimate of drug-likeness (QED) is 0.773. The van der Waals surface area contributed by atoms with Gasteiger partial charge in [0, 0.05) is 12.3 Å². The summed E-state index contributed by atoms with van der Waals surface area (Å²) in [6.45, 7) is 4.84. The van der Waals surface area contributed by atoms with Crippen LogP contribution in [-0.2, 0) is 4.79 Å². The van der Waals surface area contributed by atoms with E-state index in [1.54, 1.807) is 0 Å². The van der Waals surface area contributed by atoms with E-state index in [4.69, 9.17) is 4.74 Å². The molecule has 0 aromatic heterocycles. The first kappa shape index (κ1) is 15.8. The van der Waals surface area contributed by atoms with Crippen LogP contribution in [0.15, 0.2) is 48.5 Å². The predicted molar refractivity (Wildman–Crippen MR) is 93.8 cm³/mol. The maximum absolute atomic E-state index is 12.2. The van der Waals surface area contributed by atoms with Gasteiger partial charge in [0.1, 0.15) is 11.5 Å². The van der Waals surface area contributed by atoms with E-state index in [1.807, 2.05) is 19.1 Å². The minimum Gasteiger partial charge on any atom is -0.494 e. The molecule has 0 amide bonds. The van der Waals surface area contributed by atoms with Gasteiger partial charge >= 0.3 is 0 Å². The summed E-state index contributed by atoms with van der Waals surface area (Å²) in [5, 5.41) is 0. The Morgan fingerprint density at radius 1 is 0.957 bits per heavy atom. The van der Waals surface area contributed by atoms with Crippen LogP contribution in [0, 0.1) is 5.92 Å². The van der Waals surface area contributed by atoms with Gasteiger partial charge in [-0.25, -0.2) is 0 Å². The van der Waals surface area contributed by atoms with Crippen LogP contribution >= 0.6 is 0 Å². The van der Waals surface area contributed by atoms with Crippen LogP contribution in [0.1, 0.15) is 44.6 Å². The largest absolute Gasteiger partial charge is 0.494 e. The summed E-state index contributed by atoms with van der Waals surface area (Å²) in [5.41, 5.74) is 3.51. The highest BCUT2D eigenvalue weighted by Gasteiger charge is 2.27. The molecule has 0 N–H and O–H groups in total. The van der Waals surface area contributed by atoms with E-state index in [-0.39, 0.29) is 5.92 Å². The molecule has 0 heterocycles. The Bertz CT molecular complexity index is 655. The minimum absolute atomic E-state index is 0.0978. The second-order valence-corrected chi connectivity index (χ2v) is 6.48. The summed E-state index contributed by atoms with van der Waals surface area (Å²) in [7, 11) is 0. The van der Waals surface area contributed by atoms with Crippen LogP contribution in [0.3, 0.4) is 0 Å². The first-order valence-electron chi connectivity index (χ1n) is 8.53. The van der Waals surface area contributed by atoms with Crippen molar-refractivity contribution < 1.29 is 9.53 Å². The molecule has 0 radical (unpaired) electrons. The summed E-state index contributed by atoms with van der Waals surface area (Å²) in [6.07, 6.45) is 2.87. The number of ether oxygens (including phenoxy) is 1. The fourth-order valence-electron chi connectivity index (χ4n) is 3.37. The van der Waals surface area contributed by atoms with Gasteiger partial charge in [0.15, 0.2) is 0 Å². The van der Waals surface area contributed by atoms with Crippen molar-refractivity contribution in [2.24, 2.45) is 5.92 Å². The normalized spacial score (nSPS) is 21.2. The molecule has 0 unspecified atom stereocenters. The molecule has 1 fully saturated rings. The zero-order valence-electron chi connectivity index (χ0n) is 13.9. The number of carbonyl (C=O) groups is 1. The second-order valence-electron chi connectivity index (χ2n) is 6.48. The molecule has 2 aromatic rings. The third-order valence-electron chi connectivity index (χ3n) is 4.70. The molecular weight excluding hydrogens is 284 g/mol. The van der Waals surface area contributed by atoms with Crippen LogP contribution in [0.25, 0.3) is 11.1 Å². The highest BCUT2D eigenvalue weighted by atomic mass is 16.5. The molecule has 2 heteroatoms. The zero-order chi connectivity index (χ0) is 16.2. The lowest BCUT2D eigenvalue weighted by Gasteiger charge is -2.25. The average molecular weight is 308 g/mol. The number of benzene rings is 2. The standard InChI is InChI=1S/C21H24O2/c1-3-23-19-11-9-17(10-12-19)16-5-7-18(8-6-16)20-13-4-15(2)14-21(20)22/h5-12,15,20H,3-4,13-14H2,1-2H3/t15-,20+/m0/s1. The van der Waals surface area contributed by atoms with Crippen molar-refractivity contribution in [2.75, 3.05) is 6.61 Å². The average Bonchev–Trinajstić information content (AvgIpc) is 2.56. The summed E-state index contributed by atoms with van der Waals surface area (Å²) >= 11 is 0. The number of rotatable bonds is 4. The number of hydrogen-bond acceptors (Lipinski definition) is 2. The van der Waals surface area contributed by atoms with Gasteiger partial charge in [-0.3, -0.25) is 4.79 Å². The van der Waals surface area contributed by atoms with Crippen molar-refractivity contribution in [3.05, 3.63) is 54.1 Å². The molecule has 0 saturated heterocycles. The van der Waals surface area contributed by atoms with E-state index >= 15 is 0 Å². The number of ketones is 1. The van der Waals surface area contributed by atoms with E-state index in [1.165, 1.54) is 11.1 Å². The van der Waals surface area contributed by atoms with Gasteiger partial charge in [0.05, 0.1) is 6.61 Å². The van der Waals surface area contributed by atoms with Crippen molar-refractivity contribution in [3.8, 4) is 16.9 Å². The highest BCUT2D eigenvalue weighted by molar-refractivity contribution is 5.86. The van der Waals surface area contributed by atoms with Gasteiger partial charge in [0.25, 0.3) is 0 Å². The van der Waals surface area contributed by atoms with E-state index in [0.29, 0.717) is 18.3 Å². The third kappa shape index (κ3) is 3.64. The van der Waals surface area contributed by atoms with Crippen LogP contribution in [-0.4, -0.2) is 12.4 Å². The molecule has 1 aliphatic rings. The summed E-state index contributed by atoms with van der Waals surface area (Å²) < 4.78 is 5.48. The van der Waals surface area contributed by atoms with Gasteiger partial charge in [0.2, 0.25) is 0 Å². The highest BCUT2D eigenvalue weighted by Crippen LogP contribution is 2.34. The fraction of sp³-hybridized carbons (Fsp3) is 0.381. The molecule has 2 atom stereocenters. The van der Waals surface area contributed by atoms with Crippen LogP contribution in [0.5, 0.6) is 5.75 Å².